The fraction of sp³-hybridized carbons (Fsp3) is 0.105. The standard InChI is InChI=1S/C19H13FN4O4/c1-10-6-7-11(8-14(10)20)17-21-15(28-24-17)9-27-19(26)16-12-4-2-3-5-13(12)18(25)23-22-16/h2-8H,9H2,1H3,(H,23,25). The van der Waals surface area contributed by atoms with Crippen LogP contribution in [0, 0.1) is 12.7 Å². The molecule has 1 N–H and O–H groups in total. The van der Waals surface area contributed by atoms with E-state index in [0.29, 0.717) is 21.9 Å². The summed E-state index contributed by atoms with van der Waals surface area (Å²) in [5, 5.41) is 10.5. The number of hydrogen-bond donors (Lipinski definition) is 1. The van der Waals surface area contributed by atoms with E-state index in [1.54, 1.807) is 43.3 Å². The molecule has 140 valence electrons. The number of rotatable bonds is 4. The molecule has 0 aliphatic heterocycles. The highest BCUT2D eigenvalue weighted by Gasteiger charge is 2.17. The van der Waals surface area contributed by atoms with Gasteiger partial charge in [-0.2, -0.15) is 10.1 Å². The first-order valence-electron chi connectivity index (χ1n) is 8.26. The fourth-order valence-corrected chi connectivity index (χ4v) is 2.63. The number of esters is 1. The molecule has 0 bridgehead atoms. The van der Waals surface area contributed by atoms with Crippen molar-refractivity contribution in [3.63, 3.8) is 0 Å². The Labute approximate surface area is 157 Å². The van der Waals surface area contributed by atoms with Gasteiger partial charge in [0.05, 0.1) is 5.39 Å². The van der Waals surface area contributed by atoms with E-state index in [0.717, 1.165) is 0 Å². The van der Waals surface area contributed by atoms with Gasteiger partial charge in [-0.25, -0.2) is 14.3 Å². The summed E-state index contributed by atoms with van der Waals surface area (Å²) in [5.41, 5.74) is 0.509. The Morgan fingerprint density at radius 1 is 1.21 bits per heavy atom. The molecule has 0 aliphatic rings. The van der Waals surface area contributed by atoms with E-state index < -0.39 is 11.5 Å². The number of aromatic nitrogens is 4. The molecule has 4 aromatic rings. The minimum atomic E-state index is -0.756. The van der Waals surface area contributed by atoms with Crippen LogP contribution >= 0.6 is 0 Å². The van der Waals surface area contributed by atoms with E-state index in [9.17, 15) is 14.0 Å². The lowest BCUT2D eigenvalue weighted by atomic mass is 10.1. The minimum Gasteiger partial charge on any atom is -0.451 e. The third-order valence-corrected chi connectivity index (χ3v) is 4.11. The van der Waals surface area contributed by atoms with Gasteiger partial charge in [-0.1, -0.05) is 35.5 Å². The molecule has 0 saturated heterocycles. The van der Waals surface area contributed by atoms with Crippen molar-refractivity contribution in [1.82, 2.24) is 20.3 Å². The van der Waals surface area contributed by atoms with Crippen LogP contribution in [0.1, 0.15) is 21.9 Å². The number of H-pyrrole nitrogens is 1. The van der Waals surface area contributed by atoms with Crippen LogP contribution in [-0.4, -0.2) is 26.3 Å². The molecule has 0 amide bonds. The van der Waals surface area contributed by atoms with Crippen molar-refractivity contribution in [3.05, 3.63) is 75.8 Å². The maximum Gasteiger partial charge on any atom is 0.359 e. The normalized spacial score (nSPS) is 10.9. The molecule has 0 atom stereocenters. The van der Waals surface area contributed by atoms with Crippen LogP contribution in [0.15, 0.2) is 51.8 Å². The summed E-state index contributed by atoms with van der Waals surface area (Å²) in [4.78, 5) is 28.2. The maximum atomic E-state index is 13.7. The van der Waals surface area contributed by atoms with Crippen molar-refractivity contribution < 1.29 is 18.4 Å². The number of nitrogens with zero attached hydrogens (tertiary/aromatic N) is 3. The van der Waals surface area contributed by atoms with Crippen molar-refractivity contribution in [3.8, 4) is 11.4 Å². The summed E-state index contributed by atoms with van der Waals surface area (Å²) < 4.78 is 23.9. The molecular weight excluding hydrogens is 367 g/mol. The van der Waals surface area contributed by atoms with Crippen molar-refractivity contribution in [2.24, 2.45) is 0 Å². The molecule has 0 fully saturated rings. The molecule has 4 rings (SSSR count). The Kier molecular flexibility index (Phi) is 4.40. The number of aromatic amines is 1. The van der Waals surface area contributed by atoms with Gasteiger partial charge in [-0.05, 0) is 24.6 Å². The highest BCUT2D eigenvalue weighted by atomic mass is 19.1. The maximum absolute atomic E-state index is 13.7. The molecule has 2 heterocycles. The average molecular weight is 380 g/mol. The topological polar surface area (TPSA) is 111 Å². The Bertz CT molecular complexity index is 1250. The number of carbonyl (C=O) groups is 1. The number of benzene rings is 2. The summed E-state index contributed by atoms with van der Waals surface area (Å²) in [6, 6.07) is 11.1. The molecule has 0 radical (unpaired) electrons. The lowest BCUT2D eigenvalue weighted by Gasteiger charge is -2.04. The van der Waals surface area contributed by atoms with Crippen molar-refractivity contribution >= 4 is 16.7 Å². The summed E-state index contributed by atoms with van der Waals surface area (Å²) in [6.45, 7) is 1.35. The van der Waals surface area contributed by atoms with Crippen molar-refractivity contribution in [2.75, 3.05) is 0 Å². The van der Waals surface area contributed by atoms with E-state index in [4.69, 9.17) is 9.26 Å². The van der Waals surface area contributed by atoms with Crippen LogP contribution in [0.25, 0.3) is 22.2 Å². The van der Waals surface area contributed by atoms with Crippen molar-refractivity contribution in [1.29, 1.82) is 0 Å². The first-order chi connectivity index (χ1) is 13.5. The predicted molar refractivity (Wildman–Crippen MR) is 95.9 cm³/mol. The van der Waals surface area contributed by atoms with Crippen LogP contribution in [0.5, 0.6) is 0 Å². The van der Waals surface area contributed by atoms with Crippen LogP contribution in [-0.2, 0) is 11.3 Å². The summed E-state index contributed by atoms with van der Waals surface area (Å²) in [7, 11) is 0. The number of nitrogens with one attached hydrogen (secondary N) is 1. The largest absolute Gasteiger partial charge is 0.451 e. The lowest BCUT2D eigenvalue weighted by Crippen LogP contribution is -2.16. The quantitative estimate of drug-likeness (QED) is 0.542. The average Bonchev–Trinajstić information content (AvgIpc) is 3.18. The third-order valence-electron chi connectivity index (χ3n) is 4.11. The number of hydrogen-bond acceptors (Lipinski definition) is 7. The monoisotopic (exact) mass is 380 g/mol. The highest BCUT2D eigenvalue weighted by Crippen LogP contribution is 2.19. The first-order valence-corrected chi connectivity index (χ1v) is 8.26. The van der Waals surface area contributed by atoms with Gasteiger partial charge in [0.15, 0.2) is 12.3 Å². The van der Waals surface area contributed by atoms with Gasteiger partial charge in [-0.15, -0.1) is 0 Å². The predicted octanol–water partition coefficient (Wildman–Crippen LogP) is 2.78. The van der Waals surface area contributed by atoms with Crippen molar-refractivity contribution in [2.45, 2.75) is 13.5 Å². The van der Waals surface area contributed by atoms with Crippen LogP contribution in [0.2, 0.25) is 0 Å². The van der Waals surface area contributed by atoms with Gasteiger partial charge in [0.1, 0.15) is 5.82 Å². The second-order valence-electron chi connectivity index (χ2n) is 6.00. The number of fused-ring (bicyclic) bond motifs is 1. The molecule has 28 heavy (non-hydrogen) atoms. The van der Waals surface area contributed by atoms with E-state index in [-0.39, 0.29) is 29.8 Å². The Hall–Kier alpha value is -3.88. The van der Waals surface area contributed by atoms with Gasteiger partial charge < -0.3 is 9.26 Å². The lowest BCUT2D eigenvalue weighted by molar-refractivity contribution is 0.0424. The minimum absolute atomic E-state index is 0.0319. The zero-order valence-electron chi connectivity index (χ0n) is 14.6. The molecule has 2 aromatic heterocycles. The zero-order valence-corrected chi connectivity index (χ0v) is 14.6. The summed E-state index contributed by atoms with van der Waals surface area (Å²) >= 11 is 0. The molecule has 8 nitrogen and oxygen atoms in total. The van der Waals surface area contributed by atoms with E-state index >= 15 is 0 Å². The second kappa shape index (κ2) is 7.03. The molecule has 2 aromatic carbocycles. The summed E-state index contributed by atoms with van der Waals surface area (Å²) in [5.74, 6) is -0.921. The first kappa shape index (κ1) is 17.5. The molecule has 0 spiro atoms. The van der Waals surface area contributed by atoms with Gasteiger partial charge in [0.25, 0.3) is 11.4 Å². The number of aryl methyl sites for hydroxylation is 1. The van der Waals surface area contributed by atoms with Gasteiger partial charge in [-0.3, -0.25) is 4.79 Å². The molecule has 0 aliphatic carbocycles. The second-order valence-corrected chi connectivity index (χ2v) is 6.00. The Morgan fingerprint density at radius 3 is 2.79 bits per heavy atom. The number of ether oxygens (including phenoxy) is 1. The van der Waals surface area contributed by atoms with Gasteiger partial charge in [0, 0.05) is 10.9 Å². The molecule has 0 unspecified atom stereocenters. The molecule has 0 saturated carbocycles. The van der Waals surface area contributed by atoms with Gasteiger partial charge >= 0.3 is 5.97 Å². The fourth-order valence-electron chi connectivity index (χ4n) is 2.63. The SMILES string of the molecule is Cc1ccc(-c2noc(COC(=O)c3n[nH]c(=O)c4ccccc34)n2)cc1F. The highest BCUT2D eigenvalue weighted by molar-refractivity contribution is 6.01. The number of halogens is 1. The molecular formula is C19H13FN4O4. The Morgan fingerprint density at radius 2 is 2.00 bits per heavy atom. The smallest absolute Gasteiger partial charge is 0.359 e. The zero-order chi connectivity index (χ0) is 19.7. The number of carbonyl (C=O) groups excluding carboxylic acids is 1. The van der Waals surface area contributed by atoms with E-state index in [1.165, 1.54) is 6.07 Å². The van der Waals surface area contributed by atoms with E-state index in [2.05, 4.69) is 20.3 Å². The van der Waals surface area contributed by atoms with E-state index in [1.807, 2.05) is 0 Å². The van der Waals surface area contributed by atoms with Crippen LogP contribution in [0.4, 0.5) is 4.39 Å². The van der Waals surface area contributed by atoms with Gasteiger partial charge in [0.2, 0.25) is 5.82 Å². The molecule has 9 heteroatoms. The Balaban J connectivity index is 1.52. The van der Waals surface area contributed by atoms with Crippen LogP contribution in [0.3, 0.4) is 0 Å². The summed E-state index contributed by atoms with van der Waals surface area (Å²) in [6.07, 6.45) is 0. The van der Waals surface area contributed by atoms with Crippen LogP contribution < -0.4 is 5.56 Å². The third kappa shape index (κ3) is 3.25.